The molecule has 2 N–H and O–H groups in total. The van der Waals surface area contributed by atoms with Crippen molar-refractivity contribution in [3.8, 4) is 0 Å². The fourth-order valence-electron chi connectivity index (χ4n) is 4.74. The summed E-state index contributed by atoms with van der Waals surface area (Å²) in [5, 5.41) is 13.8. The highest BCUT2D eigenvalue weighted by Gasteiger charge is 2.30. The number of aliphatic hydroxyl groups is 1. The predicted molar refractivity (Wildman–Crippen MR) is 138 cm³/mol. The molecule has 194 valence electrons. The van der Waals surface area contributed by atoms with Crippen LogP contribution in [0.25, 0.3) is 11.2 Å². The van der Waals surface area contributed by atoms with Gasteiger partial charge in [0.2, 0.25) is 5.95 Å². The quantitative estimate of drug-likeness (QED) is 0.423. The summed E-state index contributed by atoms with van der Waals surface area (Å²) < 4.78 is 9.21. The molecule has 2 aromatic heterocycles. The van der Waals surface area contributed by atoms with Crippen LogP contribution in [-0.4, -0.2) is 49.0 Å². The zero-order valence-corrected chi connectivity index (χ0v) is 21.7. The second-order valence-electron chi connectivity index (χ2n) is 8.92. The van der Waals surface area contributed by atoms with Crippen LogP contribution < -0.4 is 16.6 Å². The van der Waals surface area contributed by atoms with Crippen LogP contribution in [0, 0.1) is 5.92 Å². The molecular formula is C24H29Cl2N5O5. The molecule has 36 heavy (non-hydrogen) atoms. The number of halogens is 2. The molecule has 12 heteroatoms. The van der Waals surface area contributed by atoms with Gasteiger partial charge in [0.05, 0.1) is 35.7 Å². The third kappa shape index (κ3) is 5.16. The van der Waals surface area contributed by atoms with Crippen molar-refractivity contribution in [2.75, 3.05) is 18.5 Å². The number of hydrogen-bond donors (Lipinski definition) is 2. The van der Waals surface area contributed by atoms with Crippen molar-refractivity contribution in [2.45, 2.75) is 51.7 Å². The Balaban J connectivity index is 1.73. The molecule has 2 atom stereocenters. The average Bonchev–Trinajstić information content (AvgIpc) is 3.21. The molecule has 3 aromatic rings. The molecule has 0 saturated heterocycles. The number of rotatable bonds is 8. The lowest BCUT2D eigenvalue weighted by atomic mass is 9.86. The van der Waals surface area contributed by atoms with Crippen LogP contribution >= 0.6 is 23.2 Å². The van der Waals surface area contributed by atoms with Crippen molar-refractivity contribution in [1.29, 1.82) is 0 Å². The van der Waals surface area contributed by atoms with Gasteiger partial charge < -0.3 is 19.7 Å². The molecule has 1 aliphatic rings. The summed E-state index contributed by atoms with van der Waals surface area (Å²) in [5.41, 5.74) is -0.00248. The van der Waals surface area contributed by atoms with Gasteiger partial charge in [-0.25, -0.2) is 4.79 Å². The van der Waals surface area contributed by atoms with E-state index < -0.39 is 11.2 Å². The first-order chi connectivity index (χ1) is 17.2. The van der Waals surface area contributed by atoms with Gasteiger partial charge in [0, 0.05) is 19.6 Å². The smallest absolute Gasteiger partial charge is 0.332 e. The molecule has 10 nitrogen and oxygen atoms in total. The van der Waals surface area contributed by atoms with Crippen molar-refractivity contribution in [1.82, 2.24) is 18.7 Å². The number of aryl methyl sites for hydroxylation is 1. The second kappa shape index (κ2) is 11.1. The van der Waals surface area contributed by atoms with Crippen molar-refractivity contribution >= 4 is 46.3 Å². The standard InChI is InChI=1S/C24H29Cl2N5O5/c1-3-36-22(34)15-5-4-6-16(12-15)27-23-28-20-19(30(23)9-10-32)21(33)31(24(35)29(20)2)13-14-7-8-17(25)18(26)11-14/h7-8,11,15-16,32H,3-6,9-10,12-13H2,1-2H3,(H,27,28). The monoisotopic (exact) mass is 537 g/mol. The van der Waals surface area contributed by atoms with Crippen molar-refractivity contribution in [3.63, 3.8) is 0 Å². The Morgan fingerprint density at radius 3 is 2.69 bits per heavy atom. The van der Waals surface area contributed by atoms with E-state index in [4.69, 9.17) is 27.9 Å². The lowest BCUT2D eigenvalue weighted by Crippen LogP contribution is -2.40. The summed E-state index contributed by atoms with van der Waals surface area (Å²) >= 11 is 12.1. The normalized spacial score (nSPS) is 17.9. The van der Waals surface area contributed by atoms with Gasteiger partial charge in [0.15, 0.2) is 11.2 Å². The number of imidazole rings is 1. The lowest BCUT2D eigenvalue weighted by Gasteiger charge is -2.28. The first-order valence-electron chi connectivity index (χ1n) is 11.9. The minimum Gasteiger partial charge on any atom is -0.466 e. The number of nitrogens with zero attached hydrogens (tertiary/aromatic N) is 4. The van der Waals surface area contributed by atoms with E-state index in [2.05, 4.69) is 10.3 Å². The van der Waals surface area contributed by atoms with E-state index in [1.54, 1.807) is 36.7 Å². The maximum absolute atomic E-state index is 13.5. The van der Waals surface area contributed by atoms with Crippen LogP contribution in [0.15, 0.2) is 27.8 Å². The van der Waals surface area contributed by atoms with Gasteiger partial charge in [-0.2, -0.15) is 4.98 Å². The Bertz CT molecular complexity index is 1400. The van der Waals surface area contributed by atoms with Crippen LogP contribution in [0.4, 0.5) is 5.95 Å². The topological polar surface area (TPSA) is 120 Å². The maximum Gasteiger partial charge on any atom is 0.332 e. The number of esters is 1. The third-order valence-electron chi connectivity index (χ3n) is 6.51. The molecule has 4 rings (SSSR count). The van der Waals surface area contributed by atoms with Gasteiger partial charge >= 0.3 is 11.7 Å². The highest BCUT2D eigenvalue weighted by atomic mass is 35.5. The van der Waals surface area contributed by atoms with Crippen LogP contribution in [0.2, 0.25) is 10.0 Å². The van der Waals surface area contributed by atoms with Gasteiger partial charge in [-0.1, -0.05) is 35.7 Å². The molecule has 2 heterocycles. The van der Waals surface area contributed by atoms with Crippen LogP contribution in [0.3, 0.4) is 0 Å². The van der Waals surface area contributed by atoms with Crippen molar-refractivity contribution in [2.24, 2.45) is 13.0 Å². The van der Waals surface area contributed by atoms with E-state index in [0.717, 1.165) is 23.8 Å². The van der Waals surface area contributed by atoms with Crippen molar-refractivity contribution in [3.05, 3.63) is 54.6 Å². The van der Waals surface area contributed by atoms with E-state index >= 15 is 0 Å². The number of aliphatic hydroxyl groups excluding tert-OH is 1. The number of benzene rings is 1. The summed E-state index contributed by atoms with van der Waals surface area (Å²) in [7, 11) is 1.55. The number of aromatic nitrogens is 4. The SMILES string of the molecule is CCOC(=O)C1CCCC(Nc2nc3c(c(=O)n(Cc4ccc(Cl)c(Cl)c4)c(=O)n3C)n2CCO)C1. The number of ether oxygens (including phenoxy) is 1. The highest BCUT2D eigenvalue weighted by Crippen LogP contribution is 2.28. The molecule has 0 bridgehead atoms. The minimum atomic E-state index is -0.529. The summed E-state index contributed by atoms with van der Waals surface area (Å²) in [5.74, 6) is -0.0481. The molecule has 0 aliphatic heterocycles. The molecule has 2 unspecified atom stereocenters. The number of carbonyl (C=O) groups is 1. The van der Waals surface area contributed by atoms with Gasteiger partial charge in [-0.15, -0.1) is 0 Å². The zero-order valence-electron chi connectivity index (χ0n) is 20.2. The second-order valence-corrected chi connectivity index (χ2v) is 9.74. The zero-order chi connectivity index (χ0) is 26.0. The van der Waals surface area contributed by atoms with Crippen LogP contribution in [0.5, 0.6) is 0 Å². The van der Waals surface area contributed by atoms with E-state index in [1.807, 2.05) is 0 Å². The molecule has 1 aromatic carbocycles. The van der Waals surface area contributed by atoms with Crippen LogP contribution in [0.1, 0.15) is 38.2 Å². The van der Waals surface area contributed by atoms with Gasteiger partial charge in [0.25, 0.3) is 5.56 Å². The van der Waals surface area contributed by atoms with Gasteiger partial charge in [-0.3, -0.25) is 18.7 Å². The first-order valence-corrected chi connectivity index (χ1v) is 12.7. The molecule has 0 radical (unpaired) electrons. The minimum absolute atomic E-state index is 0.00471. The number of fused-ring (bicyclic) bond motifs is 1. The van der Waals surface area contributed by atoms with E-state index in [9.17, 15) is 19.5 Å². The largest absolute Gasteiger partial charge is 0.466 e. The predicted octanol–water partition coefficient (Wildman–Crippen LogP) is 2.78. The molecule has 0 spiro atoms. The van der Waals surface area contributed by atoms with E-state index in [0.29, 0.717) is 34.6 Å². The summed E-state index contributed by atoms with van der Waals surface area (Å²) in [6, 6.07) is 4.85. The van der Waals surface area contributed by atoms with E-state index in [1.165, 1.54) is 4.57 Å². The fourth-order valence-corrected chi connectivity index (χ4v) is 5.06. The summed E-state index contributed by atoms with van der Waals surface area (Å²) in [6.45, 7) is 1.99. The Kier molecular flexibility index (Phi) is 8.07. The lowest BCUT2D eigenvalue weighted by molar-refractivity contribution is -0.149. The Morgan fingerprint density at radius 1 is 1.22 bits per heavy atom. The third-order valence-corrected chi connectivity index (χ3v) is 7.25. The fraction of sp³-hybridized carbons (Fsp3) is 0.500. The number of anilines is 1. The molecule has 0 amide bonds. The van der Waals surface area contributed by atoms with Crippen LogP contribution in [-0.2, 0) is 29.7 Å². The summed E-state index contributed by atoms with van der Waals surface area (Å²) in [6.07, 6.45) is 2.99. The molecule has 1 fully saturated rings. The van der Waals surface area contributed by atoms with Crippen molar-refractivity contribution < 1.29 is 14.6 Å². The Hall–Kier alpha value is -2.82. The van der Waals surface area contributed by atoms with Gasteiger partial charge in [0.1, 0.15) is 0 Å². The highest BCUT2D eigenvalue weighted by molar-refractivity contribution is 6.42. The Morgan fingerprint density at radius 2 is 2.00 bits per heavy atom. The molecular weight excluding hydrogens is 509 g/mol. The number of nitrogens with one attached hydrogen (secondary N) is 1. The van der Waals surface area contributed by atoms with Gasteiger partial charge in [-0.05, 0) is 43.9 Å². The van der Waals surface area contributed by atoms with E-state index in [-0.39, 0.29) is 48.8 Å². The first kappa shape index (κ1) is 26.2. The Labute approximate surface area is 217 Å². The molecule has 1 saturated carbocycles. The summed E-state index contributed by atoms with van der Waals surface area (Å²) in [4.78, 5) is 43.5. The average molecular weight is 538 g/mol. The number of carbonyl (C=O) groups excluding carboxylic acids is 1. The number of hydrogen-bond acceptors (Lipinski definition) is 7. The maximum atomic E-state index is 13.5. The molecule has 1 aliphatic carbocycles.